The number of halogens is 2. The van der Waals surface area contributed by atoms with E-state index in [1.54, 1.807) is 0 Å². The van der Waals surface area contributed by atoms with Crippen molar-refractivity contribution < 1.29 is 4.74 Å². The topological polar surface area (TPSA) is 39.1 Å². The Morgan fingerprint density at radius 2 is 2.05 bits per heavy atom. The lowest BCUT2D eigenvalue weighted by molar-refractivity contribution is 0.0456. The summed E-state index contributed by atoms with van der Waals surface area (Å²) >= 11 is 12.6. The normalized spacial score (nSPS) is 18.4. The number of alkyl halides is 1. The summed E-state index contributed by atoms with van der Waals surface area (Å²) in [4.78, 5) is 0. The molecule has 2 heterocycles. The molecule has 1 aromatic heterocycles. The highest BCUT2D eigenvalue weighted by atomic mass is 35.5. The average molecular weight is 320 g/mol. The summed E-state index contributed by atoms with van der Waals surface area (Å²) < 4.78 is 7.41. The van der Waals surface area contributed by atoms with Gasteiger partial charge in [0.2, 0.25) is 0 Å². The summed E-state index contributed by atoms with van der Waals surface area (Å²) in [5.74, 6) is 0.592. The van der Waals surface area contributed by atoms with E-state index >= 15 is 0 Å². The molecule has 6 heteroatoms. The minimum absolute atomic E-state index is 0.0433. The quantitative estimate of drug-likeness (QED) is 0.819. The Hall–Kier alpha value is -0.290. The predicted molar refractivity (Wildman–Crippen MR) is 82.6 cm³/mol. The fraction of sp³-hybridized carbons (Fsp3) is 0.786. The van der Waals surface area contributed by atoms with Crippen LogP contribution in [0.4, 0.5) is 0 Å². The van der Waals surface area contributed by atoms with E-state index in [9.17, 15) is 0 Å². The van der Waals surface area contributed by atoms with Crippen molar-refractivity contribution in [2.24, 2.45) is 0 Å². The van der Waals surface area contributed by atoms with Gasteiger partial charge in [-0.1, -0.05) is 18.5 Å². The first-order chi connectivity index (χ1) is 9.65. The molecule has 0 saturated carbocycles. The lowest BCUT2D eigenvalue weighted by atomic mass is 9.92. The second-order valence-corrected chi connectivity index (χ2v) is 5.90. The molecule has 4 nitrogen and oxygen atoms in total. The molecule has 1 fully saturated rings. The van der Waals surface area contributed by atoms with Crippen LogP contribution in [-0.2, 0) is 24.2 Å². The van der Waals surface area contributed by atoms with Crippen molar-refractivity contribution in [3.05, 3.63) is 16.4 Å². The first-order valence-electron chi connectivity index (χ1n) is 7.28. The van der Waals surface area contributed by atoms with E-state index < -0.39 is 0 Å². The van der Waals surface area contributed by atoms with Crippen molar-refractivity contribution in [2.75, 3.05) is 19.1 Å². The highest BCUT2D eigenvalue weighted by molar-refractivity contribution is 6.31. The number of aryl methyl sites for hydroxylation is 2. The Labute approximate surface area is 130 Å². The SMILES string of the molecule is CCc1nn(CC)c(CNC2(CCl)CCOCC2)c1Cl. The Kier molecular flexibility index (Phi) is 5.73. The average Bonchev–Trinajstić information content (AvgIpc) is 2.81. The van der Waals surface area contributed by atoms with E-state index in [2.05, 4.69) is 24.3 Å². The van der Waals surface area contributed by atoms with Crippen LogP contribution in [0.2, 0.25) is 5.02 Å². The Balaban J connectivity index is 2.11. The minimum atomic E-state index is -0.0433. The zero-order valence-corrected chi connectivity index (χ0v) is 13.7. The van der Waals surface area contributed by atoms with Gasteiger partial charge >= 0.3 is 0 Å². The molecule has 2 rings (SSSR count). The molecule has 0 spiro atoms. The van der Waals surface area contributed by atoms with Crippen molar-refractivity contribution in [3.8, 4) is 0 Å². The Morgan fingerprint density at radius 3 is 2.60 bits per heavy atom. The van der Waals surface area contributed by atoms with Crippen molar-refractivity contribution in [1.29, 1.82) is 0 Å². The van der Waals surface area contributed by atoms with E-state index in [0.29, 0.717) is 12.4 Å². The number of hydrogen-bond donors (Lipinski definition) is 1. The monoisotopic (exact) mass is 319 g/mol. The summed E-state index contributed by atoms with van der Waals surface area (Å²) in [6.45, 7) is 7.21. The molecule has 1 N–H and O–H groups in total. The number of nitrogens with one attached hydrogen (secondary N) is 1. The fourth-order valence-electron chi connectivity index (χ4n) is 2.58. The summed E-state index contributed by atoms with van der Waals surface area (Å²) in [6, 6.07) is 0. The maximum Gasteiger partial charge on any atom is 0.0863 e. The number of nitrogens with zero attached hydrogens (tertiary/aromatic N) is 2. The molecule has 1 saturated heterocycles. The third kappa shape index (κ3) is 3.30. The van der Waals surface area contributed by atoms with Gasteiger partial charge in [0.05, 0.1) is 16.4 Å². The second kappa shape index (κ2) is 7.12. The van der Waals surface area contributed by atoms with Gasteiger partial charge in [0.1, 0.15) is 0 Å². The van der Waals surface area contributed by atoms with Crippen LogP contribution in [0.1, 0.15) is 38.1 Å². The zero-order chi connectivity index (χ0) is 14.6. The molecule has 0 unspecified atom stereocenters. The van der Waals surface area contributed by atoms with E-state index in [-0.39, 0.29) is 5.54 Å². The first-order valence-corrected chi connectivity index (χ1v) is 8.20. The number of aromatic nitrogens is 2. The smallest absolute Gasteiger partial charge is 0.0863 e. The van der Waals surface area contributed by atoms with Crippen molar-refractivity contribution in [3.63, 3.8) is 0 Å². The number of ether oxygens (including phenoxy) is 1. The third-order valence-electron chi connectivity index (χ3n) is 4.03. The molecule has 0 aromatic carbocycles. The van der Waals surface area contributed by atoms with Crippen LogP contribution >= 0.6 is 23.2 Å². The Bertz CT molecular complexity index is 442. The second-order valence-electron chi connectivity index (χ2n) is 5.26. The van der Waals surface area contributed by atoms with Crippen LogP contribution < -0.4 is 5.32 Å². The maximum absolute atomic E-state index is 6.43. The fourth-order valence-corrected chi connectivity index (χ4v) is 3.27. The number of hydrogen-bond acceptors (Lipinski definition) is 3. The van der Waals surface area contributed by atoms with Gasteiger partial charge in [-0.25, -0.2) is 0 Å². The standard InChI is InChI=1S/C14H23Cl2N3O/c1-3-11-13(16)12(19(4-2)18-11)9-17-14(10-15)5-7-20-8-6-14/h17H,3-10H2,1-2H3. The molecule has 0 amide bonds. The predicted octanol–water partition coefficient (Wildman–Crippen LogP) is 3.00. The summed E-state index contributed by atoms with van der Waals surface area (Å²) in [5, 5.41) is 8.93. The van der Waals surface area contributed by atoms with Crippen LogP contribution in [0.25, 0.3) is 0 Å². The molecule has 0 atom stereocenters. The molecule has 0 aliphatic carbocycles. The molecule has 0 bridgehead atoms. The molecule has 114 valence electrons. The summed E-state index contributed by atoms with van der Waals surface area (Å²) in [6.07, 6.45) is 2.73. The van der Waals surface area contributed by atoms with Crippen molar-refractivity contribution >= 4 is 23.2 Å². The molecular weight excluding hydrogens is 297 g/mol. The van der Waals surface area contributed by atoms with Gasteiger partial charge < -0.3 is 10.1 Å². The van der Waals surface area contributed by atoms with Crippen LogP contribution in [-0.4, -0.2) is 34.4 Å². The summed E-state index contributed by atoms with van der Waals surface area (Å²) in [7, 11) is 0. The Morgan fingerprint density at radius 1 is 1.35 bits per heavy atom. The molecule has 1 aromatic rings. The van der Waals surface area contributed by atoms with Gasteiger partial charge in [0.25, 0.3) is 0 Å². The van der Waals surface area contributed by atoms with Crippen LogP contribution in [0.5, 0.6) is 0 Å². The lowest BCUT2D eigenvalue weighted by Gasteiger charge is -2.36. The first kappa shape index (κ1) is 16.1. The highest BCUT2D eigenvalue weighted by Crippen LogP contribution is 2.26. The van der Waals surface area contributed by atoms with Crippen molar-refractivity contribution in [2.45, 2.75) is 51.7 Å². The molecule has 1 aliphatic heterocycles. The van der Waals surface area contributed by atoms with Gasteiger partial charge in [-0.05, 0) is 26.2 Å². The van der Waals surface area contributed by atoms with Gasteiger partial charge in [-0.2, -0.15) is 5.10 Å². The maximum atomic E-state index is 6.43. The van der Waals surface area contributed by atoms with Crippen LogP contribution in [0.15, 0.2) is 0 Å². The van der Waals surface area contributed by atoms with Gasteiger partial charge in [0, 0.05) is 37.7 Å². The van der Waals surface area contributed by atoms with E-state index in [1.807, 2.05) is 4.68 Å². The summed E-state index contributed by atoms with van der Waals surface area (Å²) in [5.41, 5.74) is 1.98. The van der Waals surface area contributed by atoms with Crippen molar-refractivity contribution in [1.82, 2.24) is 15.1 Å². The molecule has 0 radical (unpaired) electrons. The lowest BCUT2D eigenvalue weighted by Crippen LogP contribution is -2.50. The molecule has 20 heavy (non-hydrogen) atoms. The van der Waals surface area contributed by atoms with Crippen LogP contribution in [0, 0.1) is 0 Å². The zero-order valence-electron chi connectivity index (χ0n) is 12.2. The highest BCUT2D eigenvalue weighted by Gasteiger charge is 2.31. The largest absolute Gasteiger partial charge is 0.381 e. The number of rotatable bonds is 6. The van der Waals surface area contributed by atoms with Crippen LogP contribution in [0.3, 0.4) is 0 Å². The van der Waals surface area contributed by atoms with E-state index in [4.69, 9.17) is 27.9 Å². The van der Waals surface area contributed by atoms with Gasteiger partial charge in [-0.3, -0.25) is 4.68 Å². The molecular formula is C14H23Cl2N3O. The molecule has 1 aliphatic rings. The van der Waals surface area contributed by atoms with E-state index in [0.717, 1.165) is 55.4 Å². The van der Waals surface area contributed by atoms with E-state index in [1.165, 1.54) is 0 Å². The minimum Gasteiger partial charge on any atom is -0.381 e. The van der Waals surface area contributed by atoms with Gasteiger partial charge in [0.15, 0.2) is 0 Å². The van der Waals surface area contributed by atoms with Gasteiger partial charge in [-0.15, -0.1) is 11.6 Å². The third-order valence-corrected chi connectivity index (χ3v) is 4.98.